The van der Waals surface area contributed by atoms with E-state index in [1.54, 1.807) is 0 Å². The molecule has 15 heavy (non-hydrogen) atoms. The summed E-state index contributed by atoms with van der Waals surface area (Å²) in [5.41, 5.74) is 4.05. The number of aryl methyl sites for hydroxylation is 1. The van der Waals surface area contributed by atoms with Crippen LogP contribution in [0, 0.1) is 12.8 Å². The topological polar surface area (TPSA) is 15.3 Å². The van der Waals surface area contributed by atoms with E-state index in [9.17, 15) is 0 Å². The number of benzene rings is 1. The van der Waals surface area contributed by atoms with E-state index in [-0.39, 0.29) is 0 Å². The summed E-state index contributed by atoms with van der Waals surface area (Å²) in [6.45, 7) is 4.65. The van der Waals surface area contributed by atoms with E-state index in [4.69, 9.17) is 0 Å². The molecule has 0 bridgehead atoms. The van der Waals surface area contributed by atoms with Gasteiger partial charge in [-0.05, 0) is 43.5 Å². The van der Waals surface area contributed by atoms with Crippen LogP contribution in [0.3, 0.4) is 0 Å². The number of anilines is 1. The Morgan fingerprint density at radius 3 is 2.73 bits per heavy atom. The minimum Gasteiger partial charge on any atom is -0.388 e. The van der Waals surface area contributed by atoms with Gasteiger partial charge in [0.1, 0.15) is 0 Å². The van der Waals surface area contributed by atoms with Crippen molar-refractivity contribution in [2.45, 2.75) is 13.3 Å². The molecule has 0 saturated carbocycles. The van der Waals surface area contributed by atoms with Gasteiger partial charge in [0, 0.05) is 25.8 Å². The predicted molar refractivity (Wildman–Crippen MR) is 65.4 cm³/mol. The average Bonchev–Trinajstić information content (AvgIpc) is 2.18. The van der Waals surface area contributed by atoms with Crippen molar-refractivity contribution in [3.63, 3.8) is 0 Å². The molecule has 0 radical (unpaired) electrons. The summed E-state index contributed by atoms with van der Waals surface area (Å²) >= 11 is 0. The minimum atomic E-state index is 0.863. The first-order chi connectivity index (χ1) is 7.19. The molecular formula is C13H20N2. The summed E-state index contributed by atoms with van der Waals surface area (Å²) in [5.74, 6) is 0.863. The molecule has 1 saturated heterocycles. The van der Waals surface area contributed by atoms with Crippen LogP contribution in [0.4, 0.5) is 5.69 Å². The zero-order valence-corrected chi connectivity index (χ0v) is 9.88. The Morgan fingerprint density at radius 2 is 2.13 bits per heavy atom. The third-order valence-corrected chi connectivity index (χ3v) is 3.24. The van der Waals surface area contributed by atoms with E-state index in [1.807, 2.05) is 7.05 Å². The van der Waals surface area contributed by atoms with Gasteiger partial charge >= 0.3 is 0 Å². The molecule has 2 heteroatoms. The van der Waals surface area contributed by atoms with Crippen LogP contribution < -0.4 is 5.32 Å². The average molecular weight is 204 g/mol. The van der Waals surface area contributed by atoms with Crippen molar-refractivity contribution in [1.82, 2.24) is 4.90 Å². The third-order valence-electron chi connectivity index (χ3n) is 3.24. The van der Waals surface area contributed by atoms with Crippen LogP contribution in [0.1, 0.15) is 11.1 Å². The molecule has 1 aliphatic rings. The van der Waals surface area contributed by atoms with Crippen LogP contribution >= 0.6 is 0 Å². The van der Waals surface area contributed by atoms with Crippen LogP contribution in [0.2, 0.25) is 0 Å². The molecule has 1 heterocycles. The summed E-state index contributed by atoms with van der Waals surface area (Å²) in [4.78, 5) is 2.37. The van der Waals surface area contributed by atoms with Gasteiger partial charge in [-0.25, -0.2) is 0 Å². The Labute approximate surface area is 92.3 Å². The van der Waals surface area contributed by atoms with Crippen LogP contribution in [0.15, 0.2) is 18.2 Å². The molecule has 2 rings (SSSR count). The molecule has 1 aromatic rings. The normalized spacial score (nSPS) is 17.5. The maximum atomic E-state index is 3.24. The predicted octanol–water partition coefficient (Wildman–Crippen LogP) is 2.14. The molecule has 0 unspecified atom stereocenters. The Bertz CT molecular complexity index is 340. The van der Waals surface area contributed by atoms with E-state index in [0.717, 1.165) is 5.92 Å². The van der Waals surface area contributed by atoms with E-state index >= 15 is 0 Å². The Balaban J connectivity index is 2.02. The maximum absolute atomic E-state index is 3.24. The molecule has 0 spiro atoms. The summed E-state index contributed by atoms with van der Waals surface area (Å²) in [5, 5.41) is 3.24. The molecular weight excluding hydrogens is 184 g/mol. The largest absolute Gasteiger partial charge is 0.388 e. The Hall–Kier alpha value is -1.02. The van der Waals surface area contributed by atoms with E-state index in [1.165, 1.54) is 36.3 Å². The molecule has 1 N–H and O–H groups in total. The van der Waals surface area contributed by atoms with Gasteiger partial charge in [-0.2, -0.15) is 0 Å². The van der Waals surface area contributed by atoms with Gasteiger partial charge in [0.25, 0.3) is 0 Å². The zero-order chi connectivity index (χ0) is 10.8. The number of nitrogens with zero attached hydrogens (tertiary/aromatic N) is 1. The highest BCUT2D eigenvalue weighted by atomic mass is 15.2. The lowest BCUT2D eigenvalue weighted by molar-refractivity contribution is 0.134. The summed E-state index contributed by atoms with van der Waals surface area (Å²) < 4.78 is 0. The number of hydrogen-bond donors (Lipinski definition) is 1. The smallest absolute Gasteiger partial charge is 0.0370 e. The fourth-order valence-electron chi connectivity index (χ4n) is 2.36. The van der Waals surface area contributed by atoms with Crippen molar-refractivity contribution in [2.24, 2.45) is 5.92 Å². The number of hydrogen-bond acceptors (Lipinski definition) is 2. The van der Waals surface area contributed by atoms with Crippen LogP contribution in [-0.4, -0.2) is 32.1 Å². The molecule has 82 valence electrons. The fourth-order valence-corrected chi connectivity index (χ4v) is 2.36. The van der Waals surface area contributed by atoms with Gasteiger partial charge in [0.2, 0.25) is 0 Å². The van der Waals surface area contributed by atoms with Crippen molar-refractivity contribution in [3.8, 4) is 0 Å². The van der Waals surface area contributed by atoms with Crippen LogP contribution in [0.25, 0.3) is 0 Å². The molecule has 1 fully saturated rings. The second-order valence-electron chi connectivity index (χ2n) is 4.69. The lowest BCUT2D eigenvalue weighted by atomic mass is 9.92. The minimum absolute atomic E-state index is 0.863. The van der Waals surface area contributed by atoms with Crippen molar-refractivity contribution < 1.29 is 0 Å². The second kappa shape index (κ2) is 4.23. The van der Waals surface area contributed by atoms with Gasteiger partial charge in [0.15, 0.2) is 0 Å². The number of likely N-dealkylation sites (tertiary alicyclic amines) is 1. The number of rotatable bonds is 3. The van der Waals surface area contributed by atoms with Crippen molar-refractivity contribution >= 4 is 5.69 Å². The van der Waals surface area contributed by atoms with Gasteiger partial charge in [-0.3, -0.25) is 0 Å². The molecule has 2 nitrogen and oxygen atoms in total. The molecule has 1 aliphatic heterocycles. The fraction of sp³-hybridized carbons (Fsp3) is 0.538. The van der Waals surface area contributed by atoms with Crippen molar-refractivity contribution in [2.75, 3.05) is 32.5 Å². The standard InChI is InChI=1S/C13H20N2/c1-10-4-5-11(7-13(10)14-2)6-12-8-15(3)9-12/h4-5,7,12,14H,6,8-9H2,1-3H3. The lowest BCUT2D eigenvalue weighted by Crippen LogP contribution is -2.44. The van der Waals surface area contributed by atoms with Gasteiger partial charge in [0.05, 0.1) is 0 Å². The Morgan fingerprint density at radius 1 is 1.40 bits per heavy atom. The highest BCUT2D eigenvalue weighted by Crippen LogP contribution is 2.22. The maximum Gasteiger partial charge on any atom is 0.0370 e. The monoisotopic (exact) mass is 204 g/mol. The van der Waals surface area contributed by atoms with E-state index in [2.05, 4.69) is 42.4 Å². The first kappa shape index (κ1) is 10.5. The molecule has 0 aromatic heterocycles. The first-order valence-electron chi connectivity index (χ1n) is 5.65. The SMILES string of the molecule is CNc1cc(CC2CN(C)C2)ccc1C. The van der Waals surface area contributed by atoms with Gasteiger partial charge < -0.3 is 10.2 Å². The molecule has 1 aromatic carbocycles. The zero-order valence-electron chi connectivity index (χ0n) is 9.88. The number of nitrogens with one attached hydrogen (secondary N) is 1. The first-order valence-corrected chi connectivity index (χ1v) is 5.65. The molecule has 0 aliphatic carbocycles. The highest BCUT2D eigenvalue weighted by molar-refractivity contribution is 5.52. The quantitative estimate of drug-likeness (QED) is 0.811. The third kappa shape index (κ3) is 2.32. The lowest BCUT2D eigenvalue weighted by Gasteiger charge is -2.36. The Kier molecular flexibility index (Phi) is 2.96. The van der Waals surface area contributed by atoms with Crippen LogP contribution in [0.5, 0.6) is 0 Å². The van der Waals surface area contributed by atoms with Crippen molar-refractivity contribution in [1.29, 1.82) is 0 Å². The summed E-state index contributed by atoms with van der Waals surface area (Å²) in [6.07, 6.45) is 1.22. The van der Waals surface area contributed by atoms with Gasteiger partial charge in [-0.15, -0.1) is 0 Å². The summed E-state index contributed by atoms with van der Waals surface area (Å²) in [7, 11) is 4.17. The van der Waals surface area contributed by atoms with E-state index < -0.39 is 0 Å². The van der Waals surface area contributed by atoms with Crippen LogP contribution in [-0.2, 0) is 6.42 Å². The molecule has 0 amide bonds. The van der Waals surface area contributed by atoms with Gasteiger partial charge in [-0.1, -0.05) is 12.1 Å². The molecule has 0 atom stereocenters. The highest BCUT2D eigenvalue weighted by Gasteiger charge is 2.23. The van der Waals surface area contributed by atoms with E-state index in [0.29, 0.717) is 0 Å². The second-order valence-corrected chi connectivity index (χ2v) is 4.69. The van der Waals surface area contributed by atoms with Crippen molar-refractivity contribution in [3.05, 3.63) is 29.3 Å². The summed E-state index contributed by atoms with van der Waals surface area (Å²) in [6, 6.07) is 6.76.